The molecule has 0 aliphatic heterocycles. The van der Waals surface area contributed by atoms with Crippen molar-refractivity contribution in [3.05, 3.63) is 0 Å². The molecule has 0 aromatic rings. The highest BCUT2D eigenvalue weighted by Gasteiger charge is 2.34. The van der Waals surface area contributed by atoms with E-state index >= 15 is 0 Å². The maximum absolute atomic E-state index is 10.8. The molecule has 1 rings (SSSR count). The van der Waals surface area contributed by atoms with Gasteiger partial charge in [0.25, 0.3) is 0 Å². The monoisotopic (exact) mass is 193 g/mol. The van der Waals surface area contributed by atoms with Crippen molar-refractivity contribution in [3.8, 4) is 0 Å². The van der Waals surface area contributed by atoms with Crippen molar-refractivity contribution in [2.24, 2.45) is 11.1 Å². The predicted octanol–water partition coefficient (Wildman–Crippen LogP) is -0.176. The molecule has 0 amide bonds. The van der Waals surface area contributed by atoms with Crippen LogP contribution in [-0.2, 0) is 10.0 Å². The summed E-state index contributed by atoms with van der Waals surface area (Å²) in [6.45, 7) is 1.46. The third kappa shape index (κ3) is 1.97. The standard InChI is InChI=1S/C7H15NO3S/c1-5(12(8,10)11)7(9)6-3-2-4-6/h5-7,9H,2-4H2,1H3,(H2,8,10,11)/t5-,7+/m0/s1. The van der Waals surface area contributed by atoms with E-state index in [9.17, 15) is 13.5 Å². The van der Waals surface area contributed by atoms with Crippen molar-refractivity contribution in [2.45, 2.75) is 37.5 Å². The molecule has 0 aromatic carbocycles. The zero-order valence-electron chi connectivity index (χ0n) is 7.10. The molecule has 1 aliphatic carbocycles. The lowest BCUT2D eigenvalue weighted by Gasteiger charge is -2.32. The molecule has 1 aliphatic rings. The first-order valence-corrected chi connectivity index (χ1v) is 5.73. The summed E-state index contributed by atoms with van der Waals surface area (Å²) in [5.74, 6) is 0.137. The Balaban J connectivity index is 2.57. The normalized spacial score (nSPS) is 24.6. The first kappa shape index (κ1) is 9.95. The van der Waals surface area contributed by atoms with Gasteiger partial charge in [-0.05, 0) is 25.7 Å². The Morgan fingerprint density at radius 1 is 1.50 bits per heavy atom. The molecule has 0 aromatic heterocycles. The van der Waals surface area contributed by atoms with Gasteiger partial charge in [-0.2, -0.15) is 0 Å². The second-order valence-corrected chi connectivity index (χ2v) is 5.40. The fourth-order valence-electron chi connectivity index (χ4n) is 1.36. The highest BCUT2D eigenvalue weighted by molar-refractivity contribution is 7.89. The third-order valence-electron chi connectivity index (χ3n) is 2.63. The van der Waals surface area contributed by atoms with Crippen LogP contribution in [0.2, 0.25) is 0 Å². The summed E-state index contributed by atoms with van der Waals surface area (Å²) < 4.78 is 21.7. The number of aliphatic hydroxyl groups excluding tert-OH is 1. The number of hydrogen-bond donors (Lipinski definition) is 2. The van der Waals surface area contributed by atoms with Gasteiger partial charge in [0.1, 0.15) is 0 Å². The summed E-state index contributed by atoms with van der Waals surface area (Å²) in [4.78, 5) is 0. The summed E-state index contributed by atoms with van der Waals surface area (Å²) >= 11 is 0. The summed E-state index contributed by atoms with van der Waals surface area (Å²) in [7, 11) is -3.57. The van der Waals surface area contributed by atoms with Gasteiger partial charge in [-0.1, -0.05) is 6.42 Å². The molecule has 3 N–H and O–H groups in total. The van der Waals surface area contributed by atoms with Gasteiger partial charge in [-0.15, -0.1) is 0 Å². The van der Waals surface area contributed by atoms with Crippen LogP contribution in [0, 0.1) is 5.92 Å². The second-order valence-electron chi connectivity index (χ2n) is 3.48. The molecular weight excluding hydrogens is 178 g/mol. The zero-order chi connectivity index (χ0) is 9.35. The second kappa shape index (κ2) is 3.32. The Bertz CT molecular complexity index is 245. The highest BCUT2D eigenvalue weighted by Crippen LogP contribution is 2.31. The van der Waals surface area contributed by atoms with Crippen molar-refractivity contribution < 1.29 is 13.5 Å². The summed E-state index contributed by atoms with van der Waals surface area (Å²) in [6.07, 6.45) is 2.13. The number of sulfonamides is 1. The minimum atomic E-state index is -3.57. The van der Waals surface area contributed by atoms with E-state index in [1.807, 2.05) is 0 Å². The Hall–Kier alpha value is -0.130. The summed E-state index contributed by atoms with van der Waals surface area (Å²) in [5, 5.41) is 13.6. The molecule has 2 atom stereocenters. The minimum absolute atomic E-state index is 0.137. The molecule has 0 spiro atoms. The topological polar surface area (TPSA) is 80.4 Å². The first-order chi connectivity index (χ1) is 5.43. The molecule has 0 saturated heterocycles. The fourth-order valence-corrected chi connectivity index (χ4v) is 1.97. The molecule has 4 nitrogen and oxygen atoms in total. The van der Waals surface area contributed by atoms with Crippen molar-refractivity contribution in [2.75, 3.05) is 0 Å². The van der Waals surface area contributed by atoms with Crippen molar-refractivity contribution >= 4 is 10.0 Å². The molecule has 0 unspecified atom stereocenters. The summed E-state index contributed by atoms with van der Waals surface area (Å²) in [5.41, 5.74) is 0. The largest absolute Gasteiger partial charge is 0.391 e. The molecule has 0 radical (unpaired) electrons. The van der Waals surface area contributed by atoms with E-state index < -0.39 is 21.4 Å². The van der Waals surface area contributed by atoms with Crippen molar-refractivity contribution in [1.29, 1.82) is 0 Å². The smallest absolute Gasteiger partial charge is 0.214 e. The van der Waals surface area contributed by atoms with E-state index in [0.29, 0.717) is 0 Å². The van der Waals surface area contributed by atoms with Crippen LogP contribution in [0.3, 0.4) is 0 Å². The Kier molecular flexibility index (Phi) is 2.75. The van der Waals surface area contributed by atoms with Crippen LogP contribution in [0.1, 0.15) is 26.2 Å². The molecular formula is C7H15NO3S. The number of nitrogens with two attached hydrogens (primary N) is 1. The molecule has 1 saturated carbocycles. The first-order valence-electron chi connectivity index (χ1n) is 4.12. The molecule has 5 heteroatoms. The van der Waals surface area contributed by atoms with Crippen LogP contribution >= 0.6 is 0 Å². The Morgan fingerprint density at radius 3 is 2.25 bits per heavy atom. The average Bonchev–Trinajstić information content (AvgIpc) is 1.79. The number of rotatable bonds is 3. The Morgan fingerprint density at radius 2 is 2.00 bits per heavy atom. The fraction of sp³-hybridized carbons (Fsp3) is 1.00. The molecule has 12 heavy (non-hydrogen) atoms. The number of hydrogen-bond acceptors (Lipinski definition) is 3. The van der Waals surface area contributed by atoms with Gasteiger partial charge in [0, 0.05) is 0 Å². The van der Waals surface area contributed by atoms with E-state index in [-0.39, 0.29) is 5.92 Å². The quantitative estimate of drug-likeness (QED) is 0.652. The van der Waals surface area contributed by atoms with E-state index in [0.717, 1.165) is 19.3 Å². The maximum Gasteiger partial charge on any atom is 0.214 e. The third-order valence-corrected chi connectivity index (χ3v) is 3.95. The highest BCUT2D eigenvalue weighted by atomic mass is 32.2. The van der Waals surface area contributed by atoms with Gasteiger partial charge >= 0.3 is 0 Å². The molecule has 0 heterocycles. The van der Waals surface area contributed by atoms with Crippen LogP contribution in [0.15, 0.2) is 0 Å². The van der Waals surface area contributed by atoms with Gasteiger partial charge in [0.2, 0.25) is 10.0 Å². The zero-order valence-corrected chi connectivity index (χ0v) is 7.92. The summed E-state index contributed by atoms with van der Waals surface area (Å²) in [6, 6.07) is 0. The van der Waals surface area contributed by atoms with Gasteiger partial charge in [-0.3, -0.25) is 0 Å². The molecule has 1 fully saturated rings. The van der Waals surface area contributed by atoms with Crippen molar-refractivity contribution in [1.82, 2.24) is 0 Å². The van der Waals surface area contributed by atoms with E-state index in [4.69, 9.17) is 5.14 Å². The predicted molar refractivity (Wildman–Crippen MR) is 45.9 cm³/mol. The van der Waals surface area contributed by atoms with Crippen LogP contribution in [0.4, 0.5) is 0 Å². The molecule has 72 valence electrons. The van der Waals surface area contributed by atoms with Crippen LogP contribution < -0.4 is 5.14 Å². The number of aliphatic hydroxyl groups is 1. The van der Waals surface area contributed by atoms with E-state index in [2.05, 4.69) is 0 Å². The lowest BCUT2D eigenvalue weighted by atomic mass is 9.80. The minimum Gasteiger partial charge on any atom is -0.391 e. The lowest BCUT2D eigenvalue weighted by molar-refractivity contribution is 0.0621. The van der Waals surface area contributed by atoms with Gasteiger partial charge in [-0.25, -0.2) is 13.6 Å². The SMILES string of the molecule is C[C@@H]([C@@H](O)C1CCC1)S(N)(=O)=O. The number of primary sulfonamides is 1. The van der Waals surface area contributed by atoms with Crippen LogP contribution in [-0.4, -0.2) is 24.9 Å². The van der Waals surface area contributed by atoms with Gasteiger partial charge < -0.3 is 5.11 Å². The Labute approximate surface area is 72.8 Å². The van der Waals surface area contributed by atoms with E-state index in [1.165, 1.54) is 6.92 Å². The lowest BCUT2D eigenvalue weighted by Crippen LogP contribution is -2.42. The maximum atomic E-state index is 10.8. The van der Waals surface area contributed by atoms with Gasteiger partial charge in [0.15, 0.2) is 0 Å². The van der Waals surface area contributed by atoms with Crippen LogP contribution in [0.25, 0.3) is 0 Å². The molecule has 0 bridgehead atoms. The average molecular weight is 193 g/mol. The van der Waals surface area contributed by atoms with E-state index in [1.54, 1.807) is 0 Å². The van der Waals surface area contributed by atoms with Gasteiger partial charge in [0.05, 0.1) is 11.4 Å². The van der Waals surface area contributed by atoms with Crippen LogP contribution in [0.5, 0.6) is 0 Å². The van der Waals surface area contributed by atoms with Crippen molar-refractivity contribution in [3.63, 3.8) is 0 Å².